The second kappa shape index (κ2) is 8.81. The predicted octanol–water partition coefficient (Wildman–Crippen LogP) is 5.27. The third-order valence-corrected chi connectivity index (χ3v) is 4.67. The van der Waals surface area contributed by atoms with Crippen molar-refractivity contribution in [3.8, 4) is 0 Å². The van der Waals surface area contributed by atoms with Crippen LogP contribution in [0.4, 0.5) is 11.4 Å². The summed E-state index contributed by atoms with van der Waals surface area (Å²) >= 11 is 0. The Kier molecular flexibility index (Phi) is 6.68. The number of nitro benzene ring substituents is 2. The molecular formula is C21H24N2O6. The molecule has 2 rings (SSSR count). The number of carbonyl (C=O) groups excluding carboxylic acids is 1. The monoisotopic (exact) mass is 400 g/mol. The lowest BCUT2D eigenvalue weighted by Gasteiger charge is -2.32. The minimum absolute atomic E-state index is 0.124. The highest BCUT2D eigenvalue weighted by Crippen LogP contribution is 2.35. The zero-order valence-electron chi connectivity index (χ0n) is 16.8. The van der Waals surface area contributed by atoms with Crippen LogP contribution < -0.4 is 0 Å². The molecule has 0 amide bonds. The third-order valence-electron chi connectivity index (χ3n) is 4.67. The fourth-order valence-corrected chi connectivity index (χ4v) is 3.24. The van der Waals surface area contributed by atoms with Gasteiger partial charge in [0, 0.05) is 12.1 Å². The summed E-state index contributed by atoms with van der Waals surface area (Å²) in [5.74, 6) is -0.426. The largest absolute Gasteiger partial charge is 0.456 e. The van der Waals surface area contributed by atoms with E-state index >= 15 is 0 Å². The van der Waals surface area contributed by atoms with Crippen molar-refractivity contribution in [3.05, 3.63) is 79.9 Å². The topological polar surface area (TPSA) is 113 Å². The molecule has 0 saturated carbocycles. The second-order valence-electron chi connectivity index (χ2n) is 7.87. The smallest absolute Gasteiger partial charge is 0.339 e. The molecule has 0 spiro atoms. The third kappa shape index (κ3) is 5.84. The number of hydrogen-bond acceptors (Lipinski definition) is 6. The first-order chi connectivity index (χ1) is 13.5. The van der Waals surface area contributed by atoms with Crippen LogP contribution in [0, 0.1) is 26.1 Å². The summed E-state index contributed by atoms with van der Waals surface area (Å²) in [4.78, 5) is 33.2. The van der Waals surface area contributed by atoms with E-state index in [4.69, 9.17) is 4.74 Å². The summed E-state index contributed by atoms with van der Waals surface area (Å²) in [5.41, 5.74) is -1.06. The Morgan fingerprint density at radius 2 is 1.52 bits per heavy atom. The molecule has 1 atom stereocenters. The number of non-ortho nitro benzene ring substituents is 2. The lowest BCUT2D eigenvalue weighted by molar-refractivity contribution is -0.394. The lowest BCUT2D eigenvalue weighted by atomic mass is 9.80. The van der Waals surface area contributed by atoms with E-state index in [0.29, 0.717) is 6.42 Å². The maximum Gasteiger partial charge on any atom is 0.339 e. The van der Waals surface area contributed by atoms with Gasteiger partial charge in [-0.05, 0) is 37.7 Å². The average molecular weight is 400 g/mol. The van der Waals surface area contributed by atoms with Gasteiger partial charge in [0.15, 0.2) is 0 Å². The van der Waals surface area contributed by atoms with Crippen LogP contribution >= 0.6 is 0 Å². The van der Waals surface area contributed by atoms with E-state index in [0.717, 1.165) is 23.8 Å². The van der Waals surface area contributed by atoms with Crippen molar-refractivity contribution in [2.75, 3.05) is 0 Å². The van der Waals surface area contributed by atoms with Gasteiger partial charge in [0.1, 0.15) is 5.60 Å². The van der Waals surface area contributed by atoms with Crippen LogP contribution in [0.3, 0.4) is 0 Å². The fourth-order valence-electron chi connectivity index (χ4n) is 3.24. The van der Waals surface area contributed by atoms with Crippen molar-refractivity contribution < 1.29 is 19.4 Å². The molecule has 0 aliphatic carbocycles. The first-order valence-electron chi connectivity index (χ1n) is 9.22. The van der Waals surface area contributed by atoms with Gasteiger partial charge in [-0.15, -0.1) is 0 Å². The molecule has 8 heteroatoms. The highest BCUT2D eigenvalue weighted by atomic mass is 16.6. The van der Waals surface area contributed by atoms with Crippen LogP contribution in [-0.2, 0) is 4.74 Å². The van der Waals surface area contributed by atoms with Crippen LogP contribution in [0.15, 0.2) is 48.5 Å². The number of carbonyl (C=O) groups is 1. The maximum atomic E-state index is 12.6. The highest BCUT2D eigenvalue weighted by molar-refractivity contribution is 5.91. The number of ether oxygens (including phenoxy) is 1. The van der Waals surface area contributed by atoms with E-state index in [9.17, 15) is 25.0 Å². The summed E-state index contributed by atoms with van der Waals surface area (Å²) in [6.07, 6.45) is 0.525. The quantitative estimate of drug-likeness (QED) is 0.339. The average Bonchev–Trinajstić information content (AvgIpc) is 2.65. The van der Waals surface area contributed by atoms with Crippen LogP contribution in [0.2, 0.25) is 0 Å². The molecule has 0 radical (unpaired) electrons. The van der Waals surface area contributed by atoms with Crippen molar-refractivity contribution in [2.24, 2.45) is 5.92 Å². The van der Waals surface area contributed by atoms with Gasteiger partial charge in [-0.25, -0.2) is 4.79 Å². The molecule has 0 bridgehead atoms. The molecule has 29 heavy (non-hydrogen) atoms. The van der Waals surface area contributed by atoms with E-state index in [-0.39, 0.29) is 17.4 Å². The Labute approximate surface area is 168 Å². The Hall–Kier alpha value is -3.29. The first-order valence-corrected chi connectivity index (χ1v) is 9.22. The number of esters is 1. The van der Waals surface area contributed by atoms with Crippen molar-refractivity contribution in [1.82, 2.24) is 0 Å². The van der Waals surface area contributed by atoms with Gasteiger partial charge in [-0.2, -0.15) is 0 Å². The van der Waals surface area contributed by atoms with Crippen molar-refractivity contribution in [2.45, 2.75) is 45.6 Å². The van der Waals surface area contributed by atoms with Crippen molar-refractivity contribution >= 4 is 17.3 Å². The molecule has 0 aliphatic heterocycles. The van der Waals surface area contributed by atoms with Crippen LogP contribution in [0.5, 0.6) is 0 Å². The Balaban J connectivity index is 2.26. The molecule has 0 unspecified atom stereocenters. The molecule has 0 aliphatic rings. The molecule has 2 aromatic rings. The van der Waals surface area contributed by atoms with Gasteiger partial charge in [-0.1, -0.05) is 44.2 Å². The van der Waals surface area contributed by atoms with E-state index in [1.807, 2.05) is 30.3 Å². The first kappa shape index (κ1) is 22.0. The predicted molar refractivity (Wildman–Crippen MR) is 108 cm³/mol. The zero-order valence-corrected chi connectivity index (χ0v) is 16.8. The van der Waals surface area contributed by atoms with E-state index < -0.39 is 32.8 Å². The summed E-state index contributed by atoms with van der Waals surface area (Å²) in [5, 5.41) is 22.1. The fraction of sp³-hybridized carbons (Fsp3) is 0.381. The van der Waals surface area contributed by atoms with Gasteiger partial charge >= 0.3 is 5.97 Å². The molecule has 0 N–H and O–H groups in total. The van der Waals surface area contributed by atoms with Gasteiger partial charge < -0.3 is 4.74 Å². The number of benzene rings is 2. The van der Waals surface area contributed by atoms with Crippen LogP contribution in [0.1, 0.15) is 56.0 Å². The highest BCUT2D eigenvalue weighted by Gasteiger charge is 2.31. The van der Waals surface area contributed by atoms with Gasteiger partial charge in [-0.3, -0.25) is 20.2 Å². The molecule has 0 aromatic heterocycles. The molecule has 0 heterocycles. The Bertz CT molecular complexity index is 876. The van der Waals surface area contributed by atoms with Gasteiger partial charge in [0.05, 0.1) is 21.5 Å². The summed E-state index contributed by atoms with van der Waals surface area (Å²) < 4.78 is 5.61. The molecule has 8 nitrogen and oxygen atoms in total. The molecular weight excluding hydrogens is 376 g/mol. The Morgan fingerprint density at radius 1 is 1.00 bits per heavy atom. The number of rotatable bonds is 8. The van der Waals surface area contributed by atoms with Gasteiger partial charge in [0.25, 0.3) is 11.4 Å². The Morgan fingerprint density at radius 3 is 1.97 bits per heavy atom. The summed E-state index contributed by atoms with van der Waals surface area (Å²) in [6.45, 7) is 7.68. The maximum absolute atomic E-state index is 12.6. The normalized spacial score (nSPS) is 12.4. The van der Waals surface area contributed by atoms with Crippen molar-refractivity contribution in [1.29, 1.82) is 0 Å². The number of hydrogen-bond donors (Lipinski definition) is 0. The number of nitro groups is 2. The summed E-state index contributed by atoms with van der Waals surface area (Å²) in [6, 6.07) is 12.7. The zero-order chi connectivity index (χ0) is 21.8. The molecule has 0 fully saturated rings. The standard InChI is InChI=1S/C21H24N2O6/c1-14(2)19(15-8-6-5-7-9-15)13-21(3,4)29-20(24)16-10-17(22(25)26)12-18(11-16)23(27)28/h5-12,14,19H,13H2,1-4H3/t19-/m1/s1. The van der Waals surface area contributed by atoms with Crippen LogP contribution in [0.25, 0.3) is 0 Å². The molecule has 2 aromatic carbocycles. The SMILES string of the molecule is CC(C)[C@@H](CC(C)(C)OC(=O)c1cc([N+](=O)[O-])cc([N+](=O)[O-])c1)c1ccccc1. The molecule has 154 valence electrons. The lowest BCUT2D eigenvalue weighted by Crippen LogP contribution is -2.31. The van der Waals surface area contributed by atoms with E-state index in [1.54, 1.807) is 13.8 Å². The van der Waals surface area contributed by atoms with E-state index in [1.165, 1.54) is 0 Å². The summed E-state index contributed by atoms with van der Waals surface area (Å²) in [7, 11) is 0. The minimum Gasteiger partial charge on any atom is -0.456 e. The van der Waals surface area contributed by atoms with Gasteiger partial charge in [0.2, 0.25) is 0 Å². The van der Waals surface area contributed by atoms with E-state index in [2.05, 4.69) is 13.8 Å². The van der Waals surface area contributed by atoms with Crippen LogP contribution in [-0.4, -0.2) is 21.4 Å². The number of nitrogens with zero attached hydrogens (tertiary/aromatic N) is 2. The minimum atomic E-state index is -0.888. The second-order valence-corrected chi connectivity index (χ2v) is 7.87. The van der Waals surface area contributed by atoms with Crippen molar-refractivity contribution in [3.63, 3.8) is 0 Å². The molecule has 0 saturated heterocycles.